The van der Waals surface area contributed by atoms with Crippen LogP contribution >= 0.6 is 0 Å². The van der Waals surface area contributed by atoms with Gasteiger partial charge < -0.3 is 23.4 Å². The van der Waals surface area contributed by atoms with Crippen molar-refractivity contribution in [1.82, 2.24) is 0 Å². The predicted octanol–water partition coefficient (Wildman–Crippen LogP) is 3.29. The van der Waals surface area contributed by atoms with Gasteiger partial charge in [0, 0.05) is 43.6 Å². The van der Waals surface area contributed by atoms with E-state index in [9.17, 15) is 19.2 Å². The monoisotopic (exact) mass is 490 g/mol. The molecule has 3 rings (SSSR count). The number of ether oxygens (including phenoxy) is 4. The van der Waals surface area contributed by atoms with Crippen LogP contribution in [-0.4, -0.2) is 42.8 Å². The van der Waals surface area contributed by atoms with Crippen molar-refractivity contribution in [2.45, 2.75) is 78.6 Å². The number of fused-ring (bicyclic) bond motifs is 2. The molecule has 1 fully saturated rings. The molecule has 1 aromatic heterocycles. The average molecular weight is 491 g/mol. The molecule has 0 radical (unpaired) electrons. The summed E-state index contributed by atoms with van der Waals surface area (Å²) < 4.78 is 28.2. The Hall–Kier alpha value is -3.10. The second kappa shape index (κ2) is 9.51. The molecule has 2 aliphatic rings. The van der Waals surface area contributed by atoms with Gasteiger partial charge in [0.1, 0.15) is 29.3 Å². The molecule has 0 N–H and O–H groups in total. The summed E-state index contributed by atoms with van der Waals surface area (Å²) >= 11 is 0. The summed E-state index contributed by atoms with van der Waals surface area (Å²) in [6.45, 7) is 14.0. The van der Waals surface area contributed by atoms with Gasteiger partial charge in [0.15, 0.2) is 0 Å². The number of carbonyl (C=O) groups is 3. The van der Waals surface area contributed by atoms with Gasteiger partial charge in [-0.05, 0) is 27.2 Å². The lowest BCUT2D eigenvalue weighted by molar-refractivity contribution is -0.215. The zero-order valence-electron chi connectivity index (χ0n) is 21.4. The lowest BCUT2D eigenvalue weighted by Gasteiger charge is -2.61. The van der Waals surface area contributed by atoms with Gasteiger partial charge >= 0.3 is 23.5 Å². The first-order valence-corrected chi connectivity index (χ1v) is 11.6. The quantitative estimate of drug-likeness (QED) is 0.336. The topological polar surface area (TPSA) is 118 Å². The maximum absolute atomic E-state index is 12.8. The summed E-state index contributed by atoms with van der Waals surface area (Å²) in [7, 11) is 1.26. The van der Waals surface area contributed by atoms with E-state index in [-0.39, 0.29) is 12.8 Å². The standard InChI is InChI=1S/C26H34O9/c1-13(2)23-19(33-15(4)27)12-25(6)20(10-17-18(35-25)9-14(3)32-24(17)30)26(23,7)21(34-16(5)28)11-22(29)31-8/h9,19-21,23H,1,10-12H2,2-8H3/t19-,20+,21+,23-,25-,26+/m1/s1. The zero-order chi connectivity index (χ0) is 26.3. The Kier molecular flexibility index (Phi) is 7.20. The number of rotatable bonds is 6. The van der Waals surface area contributed by atoms with Crippen molar-refractivity contribution in [1.29, 1.82) is 0 Å². The molecular formula is C26H34O9. The van der Waals surface area contributed by atoms with Crippen molar-refractivity contribution in [3.63, 3.8) is 0 Å². The molecule has 1 aliphatic heterocycles. The summed E-state index contributed by atoms with van der Waals surface area (Å²) in [4.78, 5) is 49.5. The Morgan fingerprint density at radius 3 is 2.40 bits per heavy atom. The summed E-state index contributed by atoms with van der Waals surface area (Å²) in [6, 6.07) is 1.67. The normalized spacial score (nSPS) is 30.1. The molecule has 192 valence electrons. The third-order valence-electron chi connectivity index (χ3n) is 7.45. The molecule has 0 saturated heterocycles. The molecule has 0 amide bonds. The fraction of sp³-hybridized carbons (Fsp3) is 0.615. The molecule has 9 nitrogen and oxygen atoms in total. The molecule has 1 aliphatic carbocycles. The average Bonchev–Trinajstić information content (AvgIpc) is 2.70. The van der Waals surface area contributed by atoms with Crippen LogP contribution in [0.3, 0.4) is 0 Å². The molecule has 1 saturated carbocycles. The largest absolute Gasteiger partial charge is 0.486 e. The van der Waals surface area contributed by atoms with E-state index in [0.717, 1.165) is 0 Å². The lowest BCUT2D eigenvalue weighted by atomic mass is 9.49. The predicted molar refractivity (Wildman–Crippen MR) is 125 cm³/mol. The van der Waals surface area contributed by atoms with Gasteiger partial charge in [-0.15, -0.1) is 0 Å². The number of hydrogen-bond donors (Lipinski definition) is 0. The fourth-order valence-electron chi connectivity index (χ4n) is 6.24. The SMILES string of the molecule is C=C(C)[C@@H]1[C@H](OC(C)=O)C[C@@]2(C)Oc3cc(C)oc(=O)c3C[C@@H]2[C@@]1(C)[C@H](CC(=O)OC)OC(C)=O. The first-order chi connectivity index (χ1) is 16.2. The van der Waals surface area contributed by atoms with Gasteiger partial charge in [0.25, 0.3) is 0 Å². The van der Waals surface area contributed by atoms with Gasteiger partial charge in [-0.25, -0.2) is 4.79 Å². The maximum atomic E-state index is 12.8. The van der Waals surface area contributed by atoms with Crippen molar-refractivity contribution >= 4 is 17.9 Å². The van der Waals surface area contributed by atoms with Crippen molar-refractivity contribution < 1.29 is 37.7 Å². The first-order valence-electron chi connectivity index (χ1n) is 11.6. The van der Waals surface area contributed by atoms with E-state index < -0.39 is 58.6 Å². The molecule has 2 heterocycles. The highest BCUT2D eigenvalue weighted by Crippen LogP contribution is 2.60. The third-order valence-corrected chi connectivity index (χ3v) is 7.45. The van der Waals surface area contributed by atoms with Gasteiger partial charge in [0.05, 0.1) is 19.1 Å². The lowest BCUT2D eigenvalue weighted by Crippen LogP contribution is -2.67. The van der Waals surface area contributed by atoms with Crippen molar-refractivity contribution in [3.05, 3.63) is 40.0 Å². The minimum atomic E-state index is -1.03. The fourth-order valence-corrected chi connectivity index (χ4v) is 6.24. The van der Waals surface area contributed by atoms with Crippen LogP contribution in [0.2, 0.25) is 0 Å². The van der Waals surface area contributed by atoms with Gasteiger partial charge in [0.2, 0.25) is 0 Å². The number of aryl methyl sites for hydroxylation is 1. The molecule has 0 spiro atoms. The molecule has 0 aromatic carbocycles. The Morgan fingerprint density at radius 1 is 1.20 bits per heavy atom. The van der Waals surface area contributed by atoms with Crippen LogP contribution in [0, 0.1) is 24.2 Å². The van der Waals surface area contributed by atoms with Crippen LogP contribution in [0.15, 0.2) is 27.4 Å². The zero-order valence-corrected chi connectivity index (χ0v) is 21.4. The molecular weight excluding hydrogens is 456 g/mol. The van der Waals surface area contributed by atoms with E-state index in [1.54, 1.807) is 19.9 Å². The summed E-state index contributed by atoms with van der Waals surface area (Å²) in [5, 5.41) is 0. The van der Waals surface area contributed by atoms with Gasteiger partial charge in [-0.3, -0.25) is 14.4 Å². The summed E-state index contributed by atoms with van der Waals surface area (Å²) in [6.07, 6.45) is -1.31. The van der Waals surface area contributed by atoms with Gasteiger partial charge in [-0.1, -0.05) is 19.1 Å². The highest BCUT2D eigenvalue weighted by Gasteiger charge is 2.65. The Morgan fingerprint density at radius 2 is 1.86 bits per heavy atom. The van der Waals surface area contributed by atoms with Crippen LogP contribution in [0.1, 0.15) is 58.8 Å². The number of carbonyl (C=O) groups excluding carboxylic acids is 3. The second-order valence-corrected chi connectivity index (χ2v) is 10.1. The highest BCUT2D eigenvalue weighted by atomic mass is 16.6. The number of esters is 3. The third kappa shape index (κ3) is 4.86. The van der Waals surface area contributed by atoms with E-state index in [4.69, 9.17) is 23.4 Å². The Bertz CT molecular complexity index is 1100. The van der Waals surface area contributed by atoms with E-state index in [1.807, 2.05) is 13.8 Å². The van der Waals surface area contributed by atoms with E-state index in [0.29, 0.717) is 29.1 Å². The van der Waals surface area contributed by atoms with Crippen LogP contribution in [0.4, 0.5) is 0 Å². The van der Waals surface area contributed by atoms with Crippen LogP contribution in [0.25, 0.3) is 0 Å². The highest BCUT2D eigenvalue weighted by molar-refractivity contribution is 5.71. The minimum Gasteiger partial charge on any atom is -0.486 e. The molecule has 1 aromatic rings. The van der Waals surface area contributed by atoms with Crippen molar-refractivity contribution in [2.24, 2.45) is 17.3 Å². The van der Waals surface area contributed by atoms with Crippen molar-refractivity contribution in [2.75, 3.05) is 7.11 Å². The summed E-state index contributed by atoms with van der Waals surface area (Å²) in [5.74, 6) is -1.75. The smallest absolute Gasteiger partial charge is 0.342 e. The molecule has 0 bridgehead atoms. The summed E-state index contributed by atoms with van der Waals surface area (Å²) in [5.41, 5.74) is -1.41. The molecule has 9 heteroatoms. The molecule has 35 heavy (non-hydrogen) atoms. The van der Waals surface area contributed by atoms with E-state index >= 15 is 0 Å². The second-order valence-electron chi connectivity index (χ2n) is 10.1. The Balaban J connectivity index is 2.28. The molecule has 0 unspecified atom stereocenters. The molecule has 6 atom stereocenters. The number of hydrogen-bond acceptors (Lipinski definition) is 9. The Labute approximate surface area is 204 Å². The van der Waals surface area contributed by atoms with Crippen LogP contribution in [-0.2, 0) is 35.0 Å². The number of methoxy groups -OCH3 is 1. The first kappa shape index (κ1) is 26.5. The van der Waals surface area contributed by atoms with Crippen LogP contribution < -0.4 is 10.4 Å². The van der Waals surface area contributed by atoms with Gasteiger partial charge in [-0.2, -0.15) is 0 Å². The minimum absolute atomic E-state index is 0.231. The van der Waals surface area contributed by atoms with Crippen molar-refractivity contribution in [3.8, 4) is 5.75 Å². The maximum Gasteiger partial charge on any atom is 0.342 e. The van der Waals surface area contributed by atoms with Crippen LogP contribution in [0.5, 0.6) is 5.75 Å². The van der Waals surface area contributed by atoms with E-state index in [2.05, 4.69) is 6.58 Å². The van der Waals surface area contributed by atoms with E-state index in [1.165, 1.54) is 21.0 Å².